The van der Waals surface area contributed by atoms with Crippen molar-refractivity contribution in [1.29, 1.82) is 5.41 Å². The van der Waals surface area contributed by atoms with Crippen molar-refractivity contribution >= 4 is 45.5 Å². The average Bonchev–Trinajstić information content (AvgIpc) is 3.18. The minimum absolute atomic E-state index is 0.179. The van der Waals surface area contributed by atoms with Crippen LogP contribution in [0.25, 0.3) is 6.08 Å². The largest absolute Gasteiger partial charge is 0.359 e. The van der Waals surface area contributed by atoms with E-state index in [4.69, 9.17) is 5.41 Å². The van der Waals surface area contributed by atoms with Crippen molar-refractivity contribution in [2.24, 2.45) is 0 Å². The zero-order valence-electron chi connectivity index (χ0n) is 14.5. The van der Waals surface area contributed by atoms with Gasteiger partial charge in [0.1, 0.15) is 10.8 Å². The summed E-state index contributed by atoms with van der Waals surface area (Å²) in [4.78, 5) is 14.0. The van der Waals surface area contributed by atoms with Gasteiger partial charge < -0.3 is 15.5 Å². The molecule has 5 nitrogen and oxygen atoms in total. The SMILES string of the molecule is N=C1c2ccsc2NCN1c1ccc(NC(=O)C=Cc2ccccc2)cc1. The van der Waals surface area contributed by atoms with E-state index in [0.29, 0.717) is 18.2 Å². The number of carbonyl (C=O) groups excluding carboxylic acids is 1. The molecule has 0 fully saturated rings. The summed E-state index contributed by atoms with van der Waals surface area (Å²) in [7, 11) is 0. The maximum atomic E-state index is 12.1. The van der Waals surface area contributed by atoms with E-state index in [1.807, 2.05) is 70.9 Å². The van der Waals surface area contributed by atoms with E-state index in [-0.39, 0.29) is 5.91 Å². The van der Waals surface area contributed by atoms with Gasteiger partial charge in [0.25, 0.3) is 0 Å². The summed E-state index contributed by atoms with van der Waals surface area (Å²) in [6.45, 7) is 0.553. The average molecular weight is 374 g/mol. The number of fused-ring (bicyclic) bond motifs is 1. The molecule has 134 valence electrons. The lowest BCUT2D eigenvalue weighted by atomic mass is 10.2. The van der Waals surface area contributed by atoms with Crippen molar-refractivity contribution in [2.45, 2.75) is 0 Å². The molecule has 0 saturated carbocycles. The number of benzene rings is 2. The summed E-state index contributed by atoms with van der Waals surface area (Å²) in [5, 5.41) is 17.6. The van der Waals surface area contributed by atoms with Crippen molar-refractivity contribution in [1.82, 2.24) is 0 Å². The molecule has 6 heteroatoms. The quantitative estimate of drug-likeness (QED) is 0.584. The first-order chi connectivity index (χ1) is 13.2. The van der Waals surface area contributed by atoms with E-state index in [1.54, 1.807) is 17.4 Å². The molecule has 0 unspecified atom stereocenters. The third-order valence-corrected chi connectivity index (χ3v) is 5.13. The number of thiophene rings is 1. The minimum Gasteiger partial charge on any atom is -0.359 e. The first kappa shape index (κ1) is 17.1. The summed E-state index contributed by atoms with van der Waals surface area (Å²) in [5.41, 5.74) is 3.51. The molecule has 4 rings (SSSR count). The van der Waals surface area contributed by atoms with Gasteiger partial charge in [0, 0.05) is 17.5 Å². The highest BCUT2D eigenvalue weighted by molar-refractivity contribution is 7.14. The summed E-state index contributed by atoms with van der Waals surface area (Å²) in [6, 6.07) is 19.2. The summed E-state index contributed by atoms with van der Waals surface area (Å²) in [6.07, 6.45) is 3.30. The second-order valence-corrected chi connectivity index (χ2v) is 6.97. The highest BCUT2D eigenvalue weighted by atomic mass is 32.1. The van der Waals surface area contributed by atoms with Gasteiger partial charge in [0.05, 0.1) is 12.2 Å². The number of rotatable bonds is 4. The normalized spacial score (nSPS) is 13.3. The number of hydrogen-bond acceptors (Lipinski definition) is 4. The monoisotopic (exact) mass is 374 g/mol. The lowest BCUT2D eigenvalue weighted by Gasteiger charge is -2.30. The molecule has 1 aromatic heterocycles. The van der Waals surface area contributed by atoms with Crippen LogP contribution in [-0.2, 0) is 4.79 Å². The number of amidine groups is 1. The van der Waals surface area contributed by atoms with Crippen LogP contribution in [0, 0.1) is 5.41 Å². The molecule has 2 aromatic carbocycles. The molecule has 3 N–H and O–H groups in total. The van der Waals surface area contributed by atoms with Crippen LogP contribution in [0.5, 0.6) is 0 Å². The molecule has 27 heavy (non-hydrogen) atoms. The van der Waals surface area contributed by atoms with E-state index >= 15 is 0 Å². The van der Waals surface area contributed by atoms with Crippen LogP contribution in [0.3, 0.4) is 0 Å². The van der Waals surface area contributed by atoms with E-state index in [9.17, 15) is 4.79 Å². The summed E-state index contributed by atoms with van der Waals surface area (Å²) >= 11 is 1.61. The van der Waals surface area contributed by atoms with Crippen molar-refractivity contribution in [3.8, 4) is 0 Å². The lowest BCUT2D eigenvalue weighted by molar-refractivity contribution is -0.111. The molecule has 0 spiro atoms. The molecule has 0 bridgehead atoms. The van der Waals surface area contributed by atoms with E-state index in [0.717, 1.165) is 21.8 Å². The minimum atomic E-state index is -0.179. The van der Waals surface area contributed by atoms with Gasteiger partial charge in [-0.25, -0.2) is 0 Å². The fourth-order valence-electron chi connectivity index (χ4n) is 2.87. The van der Waals surface area contributed by atoms with Crippen LogP contribution in [0.2, 0.25) is 0 Å². The first-order valence-corrected chi connectivity index (χ1v) is 9.41. The van der Waals surface area contributed by atoms with Crippen molar-refractivity contribution in [3.63, 3.8) is 0 Å². The smallest absolute Gasteiger partial charge is 0.248 e. The van der Waals surface area contributed by atoms with Crippen LogP contribution in [0.1, 0.15) is 11.1 Å². The van der Waals surface area contributed by atoms with Gasteiger partial charge in [0.2, 0.25) is 5.91 Å². The van der Waals surface area contributed by atoms with Gasteiger partial charge >= 0.3 is 0 Å². The van der Waals surface area contributed by atoms with Crippen LogP contribution >= 0.6 is 11.3 Å². The summed E-state index contributed by atoms with van der Waals surface area (Å²) in [5.74, 6) is 0.300. The summed E-state index contributed by atoms with van der Waals surface area (Å²) < 4.78 is 0. The van der Waals surface area contributed by atoms with Crippen LogP contribution in [0.4, 0.5) is 16.4 Å². The maximum Gasteiger partial charge on any atom is 0.248 e. The number of anilines is 3. The zero-order chi connectivity index (χ0) is 18.6. The third-order valence-electron chi connectivity index (χ3n) is 4.26. The molecule has 0 atom stereocenters. The van der Waals surface area contributed by atoms with Gasteiger partial charge in [-0.2, -0.15) is 0 Å². The zero-order valence-corrected chi connectivity index (χ0v) is 15.3. The van der Waals surface area contributed by atoms with Crippen molar-refractivity contribution < 1.29 is 4.79 Å². The van der Waals surface area contributed by atoms with Gasteiger partial charge in [-0.1, -0.05) is 30.3 Å². The molecule has 1 amide bonds. The molecular weight excluding hydrogens is 356 g/mol. The lowest BCUT2D eigenvalue weighted by Crippen LogP contribution is -2.39. The van der Waals surface area contributed by atoms with E-state index < -0.39 is 0 Å². The highest BCUT2D eigenvalue weighted by Gasteiger charge is 2.22. The van der Waals surface area contributed by atoms with E-state index in [1.165, 1.54) is 6.08 Å². The Labute approximate surface area is 161 Å². The Bertz CT molecular complexity index is 993. The fraction of sp³-hybridized carbons (Fsp3) is 0.0476. The molecule has 2 heterocycles. The number of nitrogens with zero attached hydrogens (tertiary/aromatic N) is 1. The maximum absolute atomic E-state index is 12.1. The predicted molar refractivity (Wildman–Crippen MR) is 113 cm³/mol. The highest BCUT2D eigenvalue weighted by Crippen LogP contribution is 2.30. The fourth-order valence-corrected chi connectivity index (χ4v) is 3.65. The number of nitrogens with one attached hydrogen (secondary N) is 3. The van der Waals surface area contributed by atoms with Crippen LogP contribution < -0.4 is 15.5 Å². The van der Waals surface area contributed by atoms with Crippen molar-refractivity contribution in [2.75, 3.05) is 22.2 Å². The Morgan fingerprint density at radius 1 is 1.11 bits per heavy atom. The first-order valence-electron chi connectivity index (χ1n) is 8.53. The van der Waals surface area contributed by atoms with Gasteiger partial charge in [-0.3, -0.25) is 10.2 Å². The standard InChI is InChI=1S/C21H18N4OS/c22-20-18-12-13-27-21(18)23-14-25(20)17-9-7-16(8-10-17)24-19(26)11-6-15-4-2-1-3-5-15/h1-13,22-23H,14H2,(H,24,26). The van der Waals surface area contributed by atoms with Crippen LogP contribution in [0.15, 0.2) is 72.1 Å². The Morgan fingerprint density at radius 2 is 1.89 bits per heavy atom. The Morgan fingerprint density at radius 3 is 2.67 bits per heavy atom. The number of hydrogen-bond donors (Lipinski definition) is 3. The molecular formula is C21H18N4OS. The second-order valence-electron chi connectivity index (χ2n) is 6.06. The molecule has 0 radical (unpaired) electrons. The van der Waals surface area contributed by atoms with E-state index in [2.05, 4.69) is 10.6 Å². The van der Waals surface area contributed by atoms with Gasteiger partial charge in [0.15, 0.2) is 0 Å². The predicted octanol–water partition coefficient (Wildman–Crippen LogP) is 4.61. The van der Waals surface area contributed by atoms with Gasteiger partial charge in [-0.15, -0.1) is 11.3 Å². The van der Waals surface area contributed by atoms with Crippen LogP contribution in [-0.4, -0.2) is 18.4 Å². The third kappa shape index (κ3) is 3.75. The Balaban J connectivity index is 1.41. The molecule has 0 saturated heterocycles. The number of amides is 1. The molecule has 1 aliphatic rings. The van der Waals surface area contributed by atoms with Gasteiger partial charge in [-0.05, 0) is 47.4 Å². The topological polar surface area (TPSA) is 68.2 Å². The Hall–Kier alpha value is -3.38. The van der Waals surface area contributed by atoms with Crippen molar-refractivity contribution in [3.05, 3.63) is 83.2 Å². The Kier molecular flexibility index (Phi) is 4.72. The number of carbonyl (C=O) groups is 1. The molecule has 1 aliphatic heterocycles. The molecule has 3 aromatic rings. The molecule has 0 aliphatic carbocycles. The second kappa shape index (κ2) is 7.47.